The van der Waals surface area contributed by atoms with Crippen LogP contribution in [0, 0.1) is 0 Å². The van der Waals surface area contributed by atoms with Gasteiger partial charge in [-0.25, -0.2) is 0 Å². The van der Waals surface area contributed by atoms with Crippen molar-refractivity contribution in [2.45, 2.75) is 169 Å². The first-order valence-electron chi connectivity index (χ1n) is 14.8. The van der Waals surface area contributed by atoms with Crippen molar-refractivity contribution in [1.29, 1.82) is 0 Å². The second-order valence-corrected chi connectivity index (χ2v) is 18.3. The predicted octanol–water partition coefficient (Wildman–Crippen LogP) is 9.66. The minimum absolute atomic E-state index is 0.220. The van der Waals surface area contributed by atoms with Crippen LogP contribution in [0.25, 0.3) is 0 Å². The fourth-order valence-corrected chi connectivity index (χ4v) is 13.4. The first-order chi connectivity index (χ1) is 16.1. The van der Waals surface area contributed by atoms with E-state index >= 15 is 0 Å². The molecule has 0 spiro atoms. The summed E-state index contributed by atoms with van der Waals surface area (Å²) in [7, 11) is 0. The van der Waals surface area contributed by atoms with E-state index in [1.54, 1.807) is 13.3 Å². The monoisotopic (exact) mass is 572 g/mol. The van der Waals surface area contributed by atoms with Crippen LogP contribution in [-0.4, -0.2) is 25.7 Å². The van der Waals surface area contributed by atoms with Crippen LogP contribution in [0.15, 0.2) is 12.2 Å². The number of rotatable bonds is 24. The fourth-order valence-electron chi connectivity index (χ4n) is 4.00. The van der Waals surface area contributed by atoms with Gasteiger partial charge in [0.25, 0.3) is 0 Å². The van der Waals surface area contributed by atoms with Crippen molar-refractivity contribution in [3.8, 4) is 0 Å². The summed E-state index contributed by atoms with van der Waals surface area (Å²) in [6.07, 6.45) is 29.7. The predicted molar refractivity (Wildman–Crippen MR) is 149 cm³/mol. The van der Waals surface area contributed by atoms with Crippen LogP contribution in [0.3, 0.4) is 0 Å². The van der Waals surface area contributed by atoms with Crippen LogP contribution in [0.5, 0.6) is 0 Å². The van der Waals surface area contributed by atoms with Gasteiger partial charge in [0, 0.05) is 5.97 Å². The molecule has 0 aromatic carbocycles. The Bertz CT molecular complexity index is 376. The van der Waals surface area contributed by atoms with Crippen LogP contribution >= 0.6 is 0 Å². The van der Waals surface area contributed by atoms with Crippen molar-refractivity contribution in [2.75, 3.05) is 0 Å². The molecule has 0 N–H and O–H groups in total. The Hall–Kier alpha value is 0.00870. The molecule has 2 nitrogen and oxygen atoms in total. The van der Waals surface area contributed by atoms with Gasteiger partial charge in [0.05, 0.1) is 0 Å². The molecule has 0 aliphatic rings. The molecule has 0 amide bonds. The molecule has 0 fully saturated rings. The number of allylic oxidation sites excluding steroid dienone is 2. The molecule has 0 aromatic rings. The maximum absolute atomic E-state index is 10.2. The van der Waals surface area contributed by atoms with Gasteiger partial charge in [-0.3, -0.25) is 0 Å². The molecular formula is C30H60O2Sn. The maximum atomic E-state index is 10.2. The minimum atomic E-state index is -0.914. The molecule has 0 saturated carbocycles. The third-order valence-electron chi connectivity index (χ3n) is 6.29. The number of hydrogen-bond donors (Lipinski definition) is 0. The average Bonchev–Trinajstić information content (AvgIpc) is 2.81. The van der Waals surface area contributed by atoms with E-state index in [0.29, 0.717) is 0 Å². The van der Waals surface area contributed by atoms with Crippen LogP contribution in [0.2, 0.25) is 13.3 Å². The molecule has 0 bridgehead atoms. The normalized spacial score (nSPS) is 10.9. The molecule has 0 aliphatic heterocycles. The van der Waals surface area contributed by atoms with Gasteiger partial charge in [0.1, 0.15) is 0 Å². The number of carbonyl (C=O) groups excluding carboxylic acids is 1. The van der Waals surface area contributed by atoms with Gasteiger partial charge in [0.15, 0.2) is 0 Å². The van der Waals surface area contributed by atoms with Gasteiger partial charge in [0.2, 0.25) is 0 Å². The number of unbranched alkanes of at least 4 members (excludes halogenated alkanes) is 14. The van der Waals surface area contributed by atoms with Crippen molar-refractivity contribution in [3.63, 3.8) is 0 Å². The van der Waals surface area contributed by atoms with E-state index < -0.39 is 25.7 Å². The second-order valence-electron chi connectivity index (χ2n) is 9.77. The Morgan fingerprint density at radius 3 is 1.30 bits per heavy atom. The molecule has 0 saturated heterocycles. The van der Waals surface area contributed by atoms with Crippen LogP contribution in [0.1, 0.15) is 156 Å². The molecule has 196 valence electrons. The molecule has 0 aromatic heterocycles. The molecule has 33 heavy (non-hydrogen) atoms. The van der Waals surface area contributed by atoms with E-state index in [4.69, 9.17) is 0 Å². The molecule has 0 radical (unpaired) electrons. The van der Waals surface area contributed by atoms with E-state index in [1.807, 2.05) is 0 Å². The van der Waals surface area contributed by atoms with Crippen LogP contribution in [-0.2, 0) is 4.79 Å². The second kappa shape index (κ2) is 32.0. The SMILES string of the molecule is CCCCCCCC/C=C/CCCCCCCC(=O)[O-].CCC[CH2][Sn+]([CH2]CCC)[CH2]CCC. The average molecular weight is 572 g/mol. The zero-order chi connectivity index (χ0) is 24.8. The molecule has 0 heterocycles. The van der Waals surface area contributed by atoms with Crippen molar-refractivity contribution in [3.05, 3.63) is 12.2 Å². The number of hydrogen-bond acceptors (Lipinski definition) is 2. The van der Waals surface area contributed by atoms with Gasteiger partial charge >= 0.3 is 92.4 Å². The molecule has 0 aliphatic carbocycles. The van der Waals surface area contributed by atoms with Crippen molar-refractivity contribution in [2.24, 2.45) is 0 Å². The van der Waals surface area contributed by atoms with Crippen LogP contribution in [0.4, 0.5) is 0 Å². The van der Waals surface area contributed by atoms with E-state index in [2.05, 4.69) is 39.8 Å². The fraction of sp³-hybridized carbons (Fsp3) is 0.900. The van der Waals surface area contributed by atoms with Gasteiger partial charge in [-0.2, -0.15) is 0 Å². The zero-order valence-corrected chi connectivity index (χ0v) is 26.1. The number of carboxylic acids is 1. The molecule has 3 heteroatoms. The molecule has 0 rings (SSSR count). The van der Waals surface area contributed by atoms with E-state index in [1.165, 1.54) is 103 Å². The van der Waals surface area contributed by atoms with Gasteiger partial charge in [-0.1, -0.05) is 70.4 Å². The van der Waals surface area contributed by atoms with Crippen molar-refractivity contribution in [1.82, 2.24) is 0 Å². The third kappa shape index (κ3) is 34.3. The summed E-state index contributed by atoms with van der Waals surface area (Å²) in [5.74, 6) is -0.914. The number of carboxylic acid groups (broad SMARTS) is 1. The first-order valence-corrected chi connectivity index (χ1v) is 20.9. The van der Waals surface area contributed by atoms with Crippen LogP contribution < -0.4 is 5.11 Å². The summed E-state index contributed by atoms with van der Waals surface area (Å²) in [5.41, 5.74) is 0. The first kappa shape index (κ1) is 35.2. The molecule has 0 unspecified atom stereocenters. The summed E-state index contributed by atoms with van der Waals surface area (Å²) in [6.45, 7) is 9.26. The van der Waals surface area contributed by atoms with Crippen molar-refractivity contribution < 1.29 is 9.90 Å². The summed E-state index contributed by atoms with van der Waals surface area (Å²) < 4.78 is 5.04. The Kier molecular flexibility index (Phi) is 34.1. The number of carbonyl (C=O) groups is 1. The van der Waals surface area contributed by atoms with E-state index in [-0.39, 0.29) is 6.42 Å². The molecule has 0 atom stereocenters. The quantitative estimate of drug-likeness (QED) is 0.0658. The third-order valence-corrected chi connectivity index (χ3v) is 15.4. The topological polar surface area (TPSA) is 40.1 Å². The van der Waals surface area contributed by atoms with Gasteiger partial charge < -0.3 is 9.90 Å². The summed E-state index contributed by atoms with van der Waals surface area (Å²) >= 11 is -0.839. The summed E-state index contributed by atoms with van der Waals surface area (Å²) in [4.78, 5) is 10.2. The molecular weight excluding hydrogens is 511 g/mol. The van der Waals surface area contributed by atoms with E-state index in [0.717, 1.165) is 19.3 Å². The number of aliphatic carboxylic acids is 1. The zero-order valence-electron chi connectivity index (χ0n) is 23.2. The Morgan fingerprint density at radius 1 is 0.545 bits per heavy atom. The summed E-state index contributed by atoms with van der Waals surface area (Å²) in [5, 5.41) is 10.2. The van der Waals surface area contributed by atoms with E-state index in [9.17, 15) is 9.90 Å². The Labute approximate surface area is 216 Å². The Balaban J connectivity index is 0. The van der Waals surface area contributed by atoms with Gasteiger partial charge in [-0.05, 0) is 38.5 Å². The summed E-state index contributed by atoms with van der Waals surface area (Å²) in [6, 6.07) is 0. The Morgan fingerprint density at radius 2 is 0.909 bits per heavy atom. The standard InChI is InChI=1S/C18H34O2.3C4H9.Sn/c1-2-3-4-5-6-7-8-9-10-11-12-13-14-15-16-17-18(19)20;3*1-3-4-2;/h9-10H,2-8,11-17H2,1H3,(H,19,20);3*1,3-4H2,2H3;/q;;;;+1/p-1/b10-9+;;;;. The van der Waals surface area contributed by atoms with Crippen molar-refractivity contribution >= 4 is 25.7 Å². The van der Waals surface area contributed by atoms with Gasteiger partial charge in [-0.15, -0.1) is 0 Å².